The zero-order valence-electron chi connectivity index (χ0n) is 10.7. The Morgan fingerprint density at radius 1 is 1.21 bits per heavy atom. The van der Waals surface area contributed by atoms with Crippen LogP contribution in [0.1, 0.15) is 61.3 Å². The van der Waals surface area contributed by atoms with E-state index in [4.69, 9.17) is 5.73 Å². The maximum Gasteiger partial charge on any atom is 0.409 e. The van der Waals surface area contributed by atoms with Gasteiger partial charge in [0, 0.05) is 18.2 Å². The number of imidazole rings is 1. The van der Waals surface area contributed by atoms with E-state index in [-0.39, 0.29) is 5.69 Å². The Morgan fingerprint density at radius 2 is 1.95 bits per heavy atom. The predicted molar refractivity (Wildman–Crippen MR) is 64.7 cm³/mol. The van der Waals surface area contributed by atoms with Crippen molar-refractivity contribution in [2.45, 2.75) is 63.2 Å². The van der Waals surface area contributed by atoms with Crippen LogP contribution in [0.15, 0.2) is 0 Å². The van der Waals surface area contributed by atoms with E-state index in [1.54, 1.807) is 0 Å². The molecule has 0 radical (unpaired) electrons. The molecular formula is C13H18F3N3. The fraction of sp³-hybridized carbons (Fsp3) is 0.769. The van der Waals surface area contributed by atoms with Gasteiger partial charge in [0.2, 0.25) is 0 Å². The van der Waals surface area contributed by atoms with E-state index < -0.39 is 12.2 Å². The molecule has 2 aliphatic rings. The number of halogens is 3. The Bertz CT molecular complexity index is 474. The molecule has 0 saturated heterocycles. The number of hydrogen-bond acceptors (Lipinski definition) is 2. The van der Waals surface area contributed by atoms with E-state index in [0.29, 0.717) is 12.3 Å². The first kappa shape index (κ1) is 13.0. The maximum absolute atomic E-state index is 12.8. The van der Waals surface area contributed by atoms with Crippen molar-refractivity contribution in [2.75, 3.05) is 0 Å². The molecule has 1 aliphatic carbocycles. The largest absolute Gasteiger partial charge is 0.409 e. The van der Waals surface area contributed by atoms with Gasteiger partial charge in [0.15, 0.2) is 0 Å². The van der Waals surface area contributed by atoms with Gasteiger partial charge in [-0.2, -0.15) is 13.2 Å². The SMILES string of the molecule is NC(c1nc(C2CCC2)n2c1CCCC2)C(F)(F)F. The van der Waals surface area contributed by atoms with Gasteiger partial charge in [0.25, 0.3) is 0 Å². The Kier molecular flexibility index (Phi) is 3.08. The van der Waals surface area contributed by atoms with E-state index in [1.807, 2.05) is 4.57 Å². The number of rotatable bonds is 2. The molecule has 1 fully saturated rings. The molecule has 1 aliphatic heterocycles. The molecule has 0 bridgehead atoms. The summed E-state index contributed by atoms with van der Waals surface area (Å²) < 4.78 is 40.5. The Labute approximate surface area is 110 Å². The highest BCUT2D eigenvalue weighted by molar-refractivity contribution is 5.25. The lowest BCUT2D eigenvalue weighted by Gasteiger charge is -2.27. The van der Waals surface area contributed by atoms with Crippen LogP contribution < -0.4 is 5.73 Å². The van der Waals surface area contributed by atoms with Crippen molar-refractivity contribution < 1.29 is 13.2 Å². The lowest BCUT2D eigenvalue weighted by molar-refractivity contribution is -0.150. The summed E-state index contributed by atoms with van der Waals surface area (Å²) in [7, 11) is 0. The summed E-state index contributed by atoms with van der Waals surface area (Å²) in [5, 5.41) is 0. The lowest BCUT2D eigenvalue weighted by Crippen LogP contribution is -2.30. The third-order valence-corrected chi connectivity index (χ3v) is 4.30. The molecule has 1 saturated carbocycles. The zero-order chi connectivity index (χ0) is 13.6. The summed E-state index contributed by atoms with van der Waals surface area (Å²) in [4.78, 5) is 4.30. The summed E-state index contributed by atoms with van der Waals surface area (Å²) >= 11 is 0. The predicted octanol–water partition coefficient (Wildman–Crippen LogP) is 3.05. The van der Waals surface area contributed by atoms with Gasteiger partial charge < -0.3 is 10.3 Å². The molecule has 3 rings (SSSR count). The van der Waals surface area contributed by atoms with Crippen molar-refractivity contribution >= 4 is 0 Å². The first-order chi connectivity index (χ1) is 8.98. The van der Waals surface area contributed by atoms with Gasteiger partial charge in [-0.05, 0) is 32.1 Å². The minimum atomic E-state index is -4.41. The maximum atomic E-state index is 12.8. The Hall–Kier alpha value is -1.04. The summed E-state index contributed by atoms with van der Waals surface area (Å²) in [5.74, 6) is 1.18. The zero-order valence-corrected chi connectivity index (χ0v) is 10.7. The van der Waals surface area contributed by atoms with Crippen LogP contribution in [0.2, 0.25) is 0 Å². The highest BCUT2D eigenvalue weighted by Gasteiger charge is 2.42. The van der Waals surface area contributed by atoms with E-state index in [9.17, 15) is 13.2 Å². The fourth-order valence-electron chi connectivity index (χ4n) is 2.98. The molecule has 6 heteroatoms. The van der Waals surface area contributed by atoms with Crippen LogP contribution in [-0.2, 0) is 13.0 Å². The standard InChI is InChI=1S/C13H18F3N3/c14-13(15,16)11(17)10-9-6-1-2-7-19(9)12(18-10)8-4-3-5-8/h8,11H,1-7,17H2. The highest BCUT2D eigenvalue weighted by atomic mass is 19.4. The normalized spacial score (nSPS) is 21.9. The fourth-order valence-corrected chi connectivity index (χ4v) is 2.98. The van der Waals surface area contributed by atoms with Gasteiger partial charge >= 0.3 is 6.18 Å². The van der Waals surface area contributed by atoms with E-state index in [1.165, 1.54) is 0 Å². The molecule has 106 valence electrons. The second kappa shape index (κ2) is 4.51. The van der Waals surface area contributed by atoms with Gasteiger partial charge in [0.1, 0.15) is 11.9 Å². The molecular weight excluding hydrogens is 255 g/mol. The first-order valence-electron chi connectivity index (χ1n) is 6.90. The van der Waals surface area contributed by atoms with Crippen molar-refractivity contribution in [3.63, 3.8) is 0 Å². The van der Waals surface area contributed by atoms with Crippen molar-refractivity contribution in [1.82, 2.24) is 9.55 Å². The van der Waals surface area contributed by atoms with Gasteiger partial charge in [-0.25, -0.2) is 4.98 Å². The molecule has 0 spiro atoms. The van der Waals surface area contributed by atoms with Crippen molar-refractivity contribution in [2.24, 2.45) is 5.73 Å². The van der Waals surface area contributed by atoms with E-state index in [0.717, 1.165) is 50.2 Å². The van der Waals surface area contributed by atoms with Crippen molar-refractivity contribution in [3.8, 4) is 0 Å². The summed E-state index contributed by atoms with van der Waals surface area (Å²) in [6.07, 6.45) is 1.42. The Balaban J connectivity index is 2.02. The second-order valence-electron chi connectivity index (χ2n) is 5.56. The van der Waals surface area contributed by atoms with E-state index >= 15 is 0 Å². The number of hydrogen-bond donors (Lipinski definition) is 1. The van der Waals surface area contributed by atoms with Gasteiger partial charge in [-0.15, -0.1) is 0 Å². The topological polar surface area (TPSA) is 43.8 Å². The molecule has 19 heavy (non-hydrogen) atoms. The average Bonchev–Trinajstić information content (AvgIpc) is 2.65. The highest BCUT2D eigenvalue weighted by Crippen LogP contribution is 2.40. The van der Waals surface area contributed by atoms with Gasteiger partial charge in [-0.1, -0.05) is 6.42 Å². The van der Waals surface area contributed by atoms with Gasteiger partial charge in [0.05, 0.1) is 5.69 Å². The minimum absolute atomic E-state index is 0.0640. The molecule has 1 aromatic rings. The molecule has 1 aromatic heterocycles. The lowest BCUT2D eigenvalue weighted by atomic mass is 9.84. The van der Waals surface area contributed by atoms with Crippen molar-refractivity contribution in [3.05, 3.63) is 17.2 Å². The molecule has 1 atom stereocenters. The van der Waals surface area contributed by atoms with Crippen LogP contribution in [0.3, 0.4) is 0 Å². The van der Waals surface area contributed by atoms with Crippen LogP contribution in [0.4, 0.5) is 13.2 Å². The summed E-state index contributed by atoms with van der Waals surface area (Å²) in [5.41, 5.74) is 6.15. The van der Waals surface area contributed by atoms with Crippen LogP contribution in [0.25, 0.3) is 0 Å². The Morgan fingerprint density at radius 3 is 2.53 bits per heavy atom. The number of alkyl halides is 3. The van der Waals surface area contributed by atoms with Crippen LogP contribution in [0, 0.1) is 0 Å². The number of aromatic nitrogens is 2. The van der Waals surface area contributed by atoms with Crippen molar-refractivity contribution in [1.29, 1.82) is 0 Å². The van der Waals surface area contributed by atoms with Crippen LogP contribution in [-0.4, -0.2) is 15.7 Å². The molecule has 2 N–H and O–H groups in total. The third-order valence-electron chi connectivity index (χ3n) is 4.30. The average molecular weight is 273 g/mol. The minimum Gasteiger partial charge on any atom is -0.331 e. The molecule has 1 unspecified atom stereocenters. The van der Waals surface area contributed by atoms with Gasteiger partial charge in [-0.3, -0.25) is 0 Å². The second-order valence-corrected chi connectivity index (χ2v) is 5.56. The number of fused-ring (bicyclic) bond motifs is 1. The van der Waals surface area contributed by atoms with Crippen LogP contribution in [0.5, 0.6) is 0 Å². The molecule has 3 nitrogen and oxygen atoms in total. The summed E-state index contributed by atoms with van der Waals surface area (Å²) in [6, 6.07) is -1.94. The molecule has 2 heterocycles. The quantitative estimate of drug-likeness (QED) is 0.900. The molecule has 0 aromatic carbocycles. The molecule has 0 amide bonds. The smallest absolute Gasteiger partial charge is 0.331 e. The first-order valence-corrected chi connectivity index (χ1v) is 6.90. The number of nitrogens with two attached hydrogens (primary N) is 1. The summed E-state index contributed by atoms with van der Waals surface area (Å²) in [6.45, 7) is 0.790. The monoisotopic (exact) mass is 273 g/mol. The van der Waals surface area contributed by atoms with Crippen LogP contribution >= 0.6 is 0 Å². The third kappa shape index (κ3) is 2.16. The number of nitrogens with zero attached hydrogens (tertiary/aromatic N) is 2. The van der Waals surface area contributed by atoms with E-state index in [2.05, 4.69) is 4.98 Å².